The topological polar surface area (TPSA) is 68.7 Å². The highest BCUT2D eigenvalue weighted by atomic mass is 19.1. The van der Waals surface area contributed by atoms with E-state index in [0.717, 1.165) is 16.7 Å². The number of hydrogen-bond donors (Lipinski definition) is 1. The van der Waals surface area contributed by atoms with E-state index in [2.05, 4.69) is 14.7 Å². The highest BCUT2D eigenvalue weighted by molar-refractivity contribution is 5.83. The fraction of sp³-hybridized carbons (Fsp3) is 0.300. The molecule has 0 amide bonds. The third-order valence-electron chi connectivity index (χ3n) is 4.95. The lowest BCUT2D eigenvalue weighted by atomic mass is 10.1. The molecule has 0 saturated carbocycles. The molecule has 1 saturated heterocycles. The molecule has 1 aromatic carbocycles. The first-order valence-electron chi connectivity index (χ1n) is 8.94. The predicted molar refractivity (Wildman–Crippen MR) is 105 cm³/mol. The molecule has 4 rings (SSSR count). The molecule has 8 heteroatoms. The molecule has 3 heterocycles. The Balaban J connectivity index is 1.78. The fourth-order valence-electron chi connectivity index (χ4n) is 3.44. The van der Waals surface area contributed by atoms with Crippen molar-refractivity contribution in [1.82, 2.24) is 14.5 Å². The third kappa shape index (κ3) is 3.26. The van der Waals surface area contributed by atoms with Crippen LogP contribution in [0, 0.1) is 13.1 Å². The molecule has 0 bridgehead atoms. The SMILES string of the molecule is [C-]#[N+]c1ccc(Cn2c(N3CC[C@H](F)[C@H](N)C3)nc3ccc([N+]#[C-])cc32)nc1. The Hall–Kier alpha value is -3.49. The molecular weight excluding hydrogens is 357 g/mol. The average molecular weight is 375 g/mol. The van der Waals surface area contributed by atoms with Crippen LogP contribution in [0.1, 0.15) is 12.1 Å². The molecular formula is C20H18FN7. The number of pyridine rings is 1. The summed E-state index contributed by atoms with van der Waals surface area (Å²) in [5.41, 5.74) is 9.29. The monoisotopic (exact) mass is 375 g/mol. The van der Waals surface area contributed by atoms with Gasteiger partial charge in [0, 0.05) is 19.3 Å². The summed E-state index contributed by atoms with van der Waals surface area (Å²) in [7, 11) is 0. The van der Waals surface area contributed by atoms with Gasteiger partial charge in [-0.3, -0.25) is 4.98 Å². The fourth-order valence-corrected chi connectivity index (χ4v) is 3.44. The number of alkyl halides is 1. The number of fused-ring (bicyclic) bond motifs is 1. The third-order valence-corrected chi connectivity index (χ3v) is 4.95. The van der Waals surface area contributed by atoms with Gasteiger partial charge in [0.25, 0.3) is 0 Å². The van der Waals surface area contributed by atoms with E-state index < -0.39 is 12.2 Å². The Morgan fingerprint density at radius 1 is 1.18 bits per heavy atom. The van der Waals surface area contributed by atoms with Crippen LogP contribution in [0.15, 0.2) is 36.5 Å². The van der Waals surface area contributed by atoms with Gasteiger partial charge in [0.15, 0.2) is 5.69 Å². The Bertz CT molecular complexity index is 1090. The first-order valence-corrected chi connectivity index (χ1v) is 8.94. The molecule has 2 atom stereocenters. The highest BCUT2D eigenvalue weighted by Crippen LogP contribution is 2.29. The maximum atomic E-state index is 13.8. The van der Waals surface area contributed by atoms with Gasteiger partial charge >= 0.3 is 0 Å². The van der Waals surface area contributed by atoms with Crippen molar-refractivity contribution in [3.8, 4) is 0 Å². The Morgan fingerprint density at radius 2 is 1.96 bits per heavy atom. The second-order valence-corrected chi connectivity index (χ2v) is 6.82. The maximum absolute atomic E-state index is 13.8. The first kappa shape index (κ1) is 17.9. The summed E-state index contributed by atoms with van der Waals surface area (Å²) < 4.78 is 15.8. The van der Waals surface area contributed by atoms with E-state index in [0.29, 0.717) is 43.4 Å². The second-order valence-electron chi connectivity index (χ2n) is 6.82. The number of halogens is 1. The zero-order chi connectivity index (χ0) is 19.7. The molecule has 1 fully saturated rings. The molecule has 1 aliphatic rings. The summed E-state index contributed by atoms with van der Waals surface area (Å²) in [6.45, 7) is 15.7. The Labute approximate surface area is 161 Å². The van der Waals surface area contributed by atoms with Crippen LogP contribution in [0.3, 0.4) is 0 Å². The van der Waals surface area contributed by atoms with Crippen molar-refractivity contribution in [3.63, 3.8) is 0 Å². The van der Waals surface area contributed by atoms with Gasteiger partial charge in [0.1, 0.15) is 6.17 Å². The molecule has 2 N–H and O–H groups in total. The number of nitrogens with zero attached hydrogens (tertiary/aromatic N) is 6. The molecule has 2 aromatic heterocycles. The standard InChI is InChI=1S/C20H18FN7/c1-23-13-5-6-18-19(9-13)28(11-15-4-3-14(24-2)10-25-15)20(26-18)27-8-7-16(21)17(22)12-27/h3-6,9-10,16-17H,7-8,11-12,22H2/t16-,17+/m0/s1. The summed E-state index contributed by atoms with van der Waals surface area (Å²) in [6.07, 6.45) is 0.886. The Morgan fingerprint density at radius 3 is 2.64 bits per heavy atom. The molecule has 0 unspecified atom stereocenters. The lowest BCUT2D eigenvalue weighted by molar-refractivity contribution is 0.243. The largest absolute Gasteiger partial charge is 0.340 e. The van der Waals surface area contributed by atoms with Crippen molar-refractivity contribution in [1.29, 1.82) is 0 Å². The van der Waals surface area contributed by atoms with Crippen LogP contribution < -0.4 is 10.6 Å². The van der Waals surface area contributed by atoms with Crippen LogP contribution in [-0.2, 0) is 6.54 Å². The van der Waals surface area contributed by atoms with E-state index in [-0.39, 0.29) is 0 Å². The van der Waals surface area contributed by atoms with E-state index in [1.165, 1.54) is 6.20 Å². The van der Waals surface area contributed by atoms with E-state index >= 15 is 0 Å². The first-order chi connectivity index (χ1) is 13.6. The van der Waals surface area contributed by atoms with E-state index in [9.17, 15) is 4.39 Å². The van der Waals surface area contributed by atoms with E-state index in [4.69, 9.17) is 23.9 Å². The van der Waals surface area contributed by atoms with Crippen LogP contribution in [-0.4, -0.2) is 39.8 Å². The smallest absolute Gasteiger partial charge is 0.206 e. The van der Waals surface area contributed by atoms with E-state index in [1.807, 2.05) is 15.5 Å². The number of nitrogens with two attached hydrogens (primary N) is 1. The van der Waals surface area contributed by atoms with Gasteiger partial charge in [-0.05, 0) is 24.6 Å². The highest BCUT2D eigenvalue weighted by Gasteiger charge is 2.29. The molecule has 3 aromatic rings. The van der Waals surface area contributed by atoms with Gasteiger partial charge in [-0.15, -0.1) is 0 Å². The second kappa shape index (κ2) is 7.26. The van der Waals surface area contributed by atoms with Gasteiger partial charge < -0.3 is 15.2 Å². The van der Waals surface area contributed by atoms with Crippen LogP contribution in [0.5, 0.6) is 0 Å². The Kier molecular flexibility index (Phi) is 4.64. The zero-order valence-electron chi connectivity index (χ0n) is 15.1. The molecule has 7 nitrogen and oxygen atoms in total. The molecule has 0 radical (unpaired) electrons. The minimum Gasteiger partial charge on any atom is -0.340 e. The average Bonchev–Trinajstić information content (AvgIpc) is 3.08. The van der Waals surface area contributed by atoms with Crippen LogP contribution >= 0.6 is 0 Å². The predicted octanol–water partition coefficient (Wildman–Crippen LogP) is 3.46. The van der Waals surface area contributed by atoms with Gasteiger partial charge in [0.2, 0.25) is 11.6 Å². The van der Waals surface area contributed by atoms with Crippen molar-refractivity contribution in [2.45, 2.75) is 25.2 Å². The van der Waals surface area contributed by atoms with Crippen LogP contribution in [0.4, 0.5) is 21.7 Å². The van der Waals surface area contributed by atoms with Gasteiger partial charge in [-0.25, -0.2) is 19.1 Å². The van der Waals surface area contributed by atoms with Crippen molar-refractivity contribution >= 4 is 28.4 Å². The number of aromatic nitrogens is 3. The van der Waals surface area contributed by atoms with Gasteiger partial charge in [-0.1, -0.05) is 12.1 Å². The molecule has 1 aliphatic heterocycles. The summed E-state index contributed by atoms with van der Waals surface area (Å²) in [5, 5.41) is 0. The van der Waals surface area contributed by atoms with Crippen molar-refractivity contribution in [3.05, 3.63) is 65.1 Å². The lowest BCUT2D eigenvalue weighted by Gasteiger charge is -2.34. The van der Waals surface area contributed by atoms with Gasteiger partial charge in [-0.2, -0.15) is 0 Å². The zero-order valence-corrected chi connectivity index (χ0v) is 15.1. The molecule has 28 heavy (non-hydrogen) atoms. The number of benzene rings is 1. The molecule has 0 aliphatic carbocycles. The molecule has 140 valence electrons. The summed E-state index contributed by atoms with van der Waals surface area (Å²) in [5.74, 6) is 0.690. The number of hydrogen-bond acceptors (Lipinski definition) is 4. The molecule has 0 spiro atoms. The van der Waals surface area contributed by atoms with Crippen molar-refractivity contribution < 1.29 is 4.39 Å². The normalized spacial score (nSPS) is 19.4. The number of piperidine rings is 1. The number of imidazole rings is 1. The van der Waals surface area contributed by atoms with Crippen molar-refractivity contribution in [2.24, 2.45) is 5.73 Å². The number of rotatable bonds is 3. The van der Waals surface area contributed by atoms with E-state index in [1.54, 1.807) is 24.3 Å². The lowest BCUT2D eigenvalue weighted by Crippen LogP contribution is -2.50. The van der Waals surface area contributed by atoms with Crippen LogP contribution in [0.25, 0.3) is 20.7 Å². The quantitative estimate of drug-likeness (QED) is 0.712. The minimum absolute atomic E-state index is 0.357. The summed E-state index contributed by atoms with van der Waals surface area (Å²) in [6, 6.07) is 8.33. The van der Waals surface area contributed by atoms with Crippen LogP contribution in [0.2, 0.25) is 0 Å². The number of anilines is 1. The van der Waals surface area contributed by atoms with Crippen molar-refractivity contribution in [2.75, 3.05) is 18.0 Å². The summed E-state index contributed by atoms with van der Waals surface area (Å²) >= 11 is 0. The summed E-state index contributed by atoms with van der Waals surface area (Å²) in [4.78, 5) is 18.0. The maximum Gasteiger partial charge on any atom is 0.206 e. The van der Waals surface area contributed by atoms with Gasteiger partial charge in [0.05, 0.1) is 42.5 Å². The minimum atomic E-state index is -1.01.